The minimum atomic E-state index is -0.436. The molecule has 0 bridgehead atoms. The lowest BCUT2D eigenvalue weighted by Crippen LogP contribution is -2.38. The number of non-ortho nitro benzene ring substituents is 2. The van der Waals surface area contributed by atoms with Crippen molar-refractivity contribution in [1.82, 2.24) is 20.2 Å². The minimum Gasteiger partial charge on any atom is -0.493 e. The van der Waals surface area contributed by atoms with E-state index in [9.17, 15) is 20.2 Å². The molecule has 50 heavy (non-hydrogen) atoms. The van der Waals surface area contributed by atoms with Gasteiger partial charge >= 0.3 is 0 Å². The summed E-state index contributed by atoms with van der Waals surface area (Å²) in [5.74, 6) is 1.52. The summed E-state index contributed by atoms with van der Waals surface area (Å²) in [6.07, 6.45) is 3.93. The van der Waals surface area contributed by atoms with Crippen molar-refractivity contribution in [2.45, 2.75) is 51.2 Å². The molecular weight excluding hydrogens is 648 g/mol. The number of aromatic nitrogens is 2. The summed E-state index contributed by atoms with van der Waals surface area (Å²) >= 11 is 0. The van der Waals surface area contributed by atoms with Crippen LogP contribution < -0.4 is 25.4 Å². The fraction of sp³-hybridized carbons (Fsp3) is 0.412. The molecule has 0 atom stereocenters. The van der Waals surface area contributed by atoms with Crippen molar-refractivity contribution < 1.29 is 28.2 Å². The van der Waals surface area contributed by atoms with Gasteiger partial charge in [-0.1, -0.05) is 6.07 Å². The van der Waals surface area contributed by atoms with E-state index < -0.39 is 9.85 Å². The van der Waals surface area contributed by atoms with Crippen LogP contribution in [0.3, 0.4) is 0 Å². The molecule has 0 amide bonds. The lowest BCUT2D eigenvalue weighted by Gasteiger charge is -2.32. The quantitative estimate of drug-likeness (QED) is 0.106. The third kappa shape index (κ3) is 8.56. The molecule has 7 rings (SSSR count). The molecular formula is C34H40N8O8. The van der Waals surface area contributed by atoms with Gasteiger partial charge in [0.15, 0.2) is 22.7 Å². The number of oxazole rings is 2. The fourth-order valence-corrected chi connectivity index (χ4v) is 6.08. The van der Waals surface area contributed by atoms with Crippen LogP contribution in [-0.4, -0.2) is 76.7 Å². The smallest absolute Gasteiger partial charge is 0.295 e. The average Bonchev–Trinajstić information content (AvgIpc) is 3.72. The number of methoxy groups -OCH3 is 1. The van der Waals surface area contributed by atoms with E-state index in [4.69, 9.17) is 18.3 Å². The van der Waals surface area contributed by atoms with Crippen molar-refractivity contribution in [3.63, 3.8) is 0 Å². The Bertz CT molecular complexity index is 1930. The summed E-state index contributed by atoms with van der Waals surface area (Å²) in [5, 5.41) is 31.5. The number of ether oxygens (including phenoxy) is 2. The number of nitrogens with zero attached hydrogens (tertiary/aromatic N) is 5. The highest BCUT2D eigenvalue weighted by atomic mass is 16.6. The van der Waals surface area contributed by atoms with Gasteiger partial charge in [0, 0.05) is 56.0 Å². The topological polar surface area (TPSA) is 196 Å². The number of anilines is 2. The van der Waals surface area contributed by atoms with Gasteiger partial charge in [-0.15, -0.1) is 0 Å². The Morgan fingerprint density at radius 1 is 0.820 bits per heavy atom. The number of hydrogen-bond acceptors (Lipinski definition) is 14. The first-order chi connectivity index (χ1) is 24.3. The van der Waals surface area contributed by atoms with E-state index in [1.165, 1.54) is 29.8 Å². The van der Waals surface area contributed by atoms with Crippen LogP contribution in [0.15, 0.2) is 63.4 Å². The molecule has 2 saturated heterocycles. The van der Waals surface area contributed by atoms with E-state index in [0.717, 1.165) is 69.9 Å². The summed E-state index contributed by atoms with van der Waals surface area (Å²) < 4.78 is 22.3. The molecule has 0 unspecified atom stereocenters. The van der Waals surface area contributed by atoms with Gasteiger partial charge in [0.05, 0.1) is 23.6 Å². The molecule has 0 aliphatic carbocycles. The Balaban J connectivity index is 0.000000194. The van der Waals surface area contributed by atoms with Crippen LogP contribution in [0, 0.1) is 20.2 Å². The Morgan fingerprint density at radius 3 is 1.90 bits per heavy atom. The van der Waals surface area contributed by atoms with Crippen molar-refractivity contribution in [2.75, 3.05) is 50.5 Å². The van der Waals surface area contributed by atoms with Crippen LogP contribution in [0.2, 0.25) is 0 Å². The average molecular weight is 689 g/mol. The second kappa shape index (κ2) is 15.8. The third-order valence-electron chi connectivity index (χ3n) is 8.68. The molecule has 264 valence electrons. The summed E-state index contributed by atoms with van der Waals surface area (Å²) in [5.41, 5.74) is 3.30. The van der Waals surface area contributed by atoms with Crippen LogP contribution in [0.25, 0.3) is 22.2 Å². The number of rotatable bonds is 11. The number of likely N-dealkylation sites (tertiary alicyclic amines) is 1. The summed E-state index contributed by atoms with van der Waals surface area (Å²) in [6, 6.07) is 16.3. The number of nitro groups is 2. The van der Waals surface area contributed by atoms with Crippen molar-refractivity contribution in [2.24, 2.45) is 0 Å². The number of piperidine rings is 2. The molecule has 0 radical (unpaired) electrons. The van der Waals surface area contributed by atoms with Gasteiger partial charge < -0.3 is 34.3 Å². The maximum Gasteiger partial charge on any atom is 0.295 e. The van der Waals surface area contributed by atoms with Crippen LogP contribution in [-0.2, 0) is 6.54 Å². The van der Waals surface area contributed by atoms with Crippen molar-refractivity contribution in [3.8, 4) is 11.5 Å². The van der Waals surface area contributed by atoms with E-state index in [-0.39, 0.29) is 17.4 Å². The highest BCUT2D eigenvalue weighted by Gasteiger charge is 2.22. The molecule has 5 aromatic rings. The minimum absolute atomic E-state index is 0.00619. The molecule has 2 fully saturated rings. The molecule has 3 aromatic carbocycles. The number of fused-ring (bicyclic) bond motifs is 2. The molecule has 16 nitrogen and oxygen atoms in total. The number of benzene rings is 3. The first kappa shape index (κ1) is 34.4. The molecule has 0 spiro atoms. The lowest BCUT2D eigenvalue weighted by atomic mass is 10.0. The van der Waals surface area contributed by atoms with Crippen molar-refractivity contribution in [1.29, 1.82) is 0 Å². The summed E-state index contributed by atoms with van der Waals surface area (Å²) in [4.78, 5) is 31.8. The Morgan fingerprint density at radius 2 is 1.38 bits per heavy atom. The number of nitro benzene ring substituents is 2. The lowest BCUT2D eigenvalue weighted by molar-refractivity contribution is -0.384. The van der Waals surface area contributed by atoms with Gasteiger partial charge in [-0.2, -0.15) is 9.97 Å². The van der Waals surface area contributed by atoms with E-state index in [2.05, 4.69) is 36.9 Å². The van der Waals surface area contributed by atoms with E-state index in [0.29, 0.717) is 46.9 Å². The zero-order valence-corrected chi connectivity index (χ0v) is 27.9. The molecule has 2 aliphatic rings. The Kier molecular flexibility index (Phi) is 10.9. The standard InChI is InChI=1S/C22H26N4O5.C12H14N4O3/c1-3-30-21-12-15(4-6-20(21)29-2)14-25-10-8-16(9-11-25)23-22-24-18-13-17(26(27)28)5-7-19(18)31-22;17-16(18)9-1-2-11-10(7-9)15-12(19-11)14-8-3-5-13-6-4-8/h4-7,12-13,16H,3,8-11,14H2,1-2H3,(H,23,24);1-2,7-8,13H,3-6H2,(H,14,15). The van der Waals surface area contributed by atoms with Gasteiger partial charge in [0.2, 0.25) is 0 Å². The first-order valence-corrected chi connectivity index (χ1v) is 16.6. The van der Waals surface area contributed by atoms with Crippen LogP contribution in [0.1, 0.15) is 38.2 Å². The van der Waals surface area contributed by atoms with Gasteiger partial charge in [-0.05, 0) is 75.5 Å². The number of hydrogen-bond donors (Lipinski definition) is 3. The third-order valence-corrected chi connectivity index (χ3v) is 8.68. The zero-order chi connectivity index (χ0) is 35.0. The molecule has 2 aliphatic heterocycles. The fourth-order valence-electron chi connectivity index (χ4n) is 6.08. The Hall–Kier alpha value is -5.48. The molecule has 4 heterocycles. The molecule has 16 heteroatoms. The number of nitrogens with one attached hydrogen (secondary N) is 3. The highest BCUT2D eigenvalue weighted by Crippen LogP contribution is 2.30. The second-order valence-corrected chi connectivity index (χ2v) is 12.1. The summed E-state index contributed by atoms with van der Waals surface area (Å²) in [7, 11) is 1.65. The molecule has 3 N–H and O–H groups in total. The van der Waals surface area contributed by atoms with Crippen LogP contribution in [0.5, 0.6) is 11.5 Å². The Labute approximate surface area is 287 Å². The van der Waals surface area contributed by atoms with E-state index in [1.807, 2.05) is 19.1 Å². The maximum atomic E-state index is 10.9. The highest BCUT2D eigenvalue weighted by molar-refractivity contribution is 5.78. The van der Waals surface area contributed by atoms with E-state index in [1.54, 1.807) is 19.2 Å². The summed E-state index contributed by atoms with van der Waals surface area (Å²) in [6.45, 7) is 7.25. The van der Waals surface area contributed by atoms with Gasteiger partial charge in [0.25, 0.3) is 23.4 Å². The first-order valence-electron chi connectivity index (χ1n) is 16.6. The van der Waals surface area contributed by atoms with Crippen molar-refractivity contribution >= 4 is 45.6 Å². The molecule has 0 saturated carbocycles. The molecule has 2 aromatic heterocycles. The van der Waals surface area contributed by atoms with Crippen molar-refractivity contribution in [3.05, 3.63) is 80.4 Å². The van der Waals surface area contributed by atoms with Gasteiger partial charge in [-0.25, -0.2) is 0 Å². The zero-order valence-electron chi connectivity index (χ0n) is 27.9. The SMILES string of the molecule is CCOc1cc(CN2CCC(Nc3nc4cc([N+](=O)[O-])ccc4o3)CC2)ccc1OC.O=[N+]([O-])c1ccc2oc(NC3CCNCC3)nc2c1. The maximum absolute atomic E-state index is 10.9. The predicted octanol–water partition coefficient (Wildman–Crippen LogP) is 6.12. The van der Waals surface area contributed by atoms with Crippen LogP contribution >= 0.6 is 0 Å². The predicted molar refractivity (Wildman–Crippen MR) is 187 cm³/mol. The van der Waals surface area contributed by atoms with Crippen LogP contribution in [0.4, 0.5) is 23.4 Å². The van der Waals surface area contributed by atoms with E-state index >= 15 is 0 Å². The monoisotopic (exact) mass is 688 g/mol. The largest absolute Gasteiger partial charge is 0.493 e. The second-order valence-electron chi connectivity index (χ2n) is 12.1. The van der Waals surface area contributed by atoms with Gasteiger partial charge in [0.1, 0.15) is 11.0 Å². The normalized spacial score (nSPS) is 15.7. The van der Waals surface area contributed by atoms with Gasteiger partial charge in [-0.3, -0.25) is 25.1 Å².